The molecule has 0 saturated carbocycles. The molecule has 8 nitrogen and oxygen atoms in total. The number of carbonyl (C=O) groups excluding carboxylic acids is 1. The highest BCUT2D eigenvalue weighted by molar-refractivity contribution is 7.89. The Bertz CT molecular complexity index is 991. The normalized spacial score (nSPS) is 14.6. The number of rotatable bonds is 6. The topological polar surface area (TPSA) is 122 Å². The molecule has 142 valence electrons. The third-order valence-corrected chi connectivity index (χ3v) is 5.31. The summed E-state index contributed by atoms with van der Waals surface area (Å²) >= 11 is 0. The smallest absolute Gasteiger partial charge is 0.322 e. The van der Waals surface area contributed by atoms with Crippen molar-refractivity contribution in [3.63, 3.8) is 0 Å². The van der Waals surface area contributed by atoms with Crippen molar-refractivity contribution in [1.82, 2.24) is 4.72 Å². The lowest BCUT2D eigenvalue weighted by atomic mass is 10.1. The summed E-state index contributed by atoms with van der Waals surface area (Å²) in [7, 11) is -4.20. The number of aliphatic carboxylic acids is 1. The van der Waals surface area contributed by atoms with Crippen LogP contribution in [0.1, 0.15) is 5.56 Å². The second-order valence-corrected chi connectivity index (χ2v) is 7.55. The zero-order chi connectivity index (χ0) is 19.6. The molecule has 27 heavy (non-hydrogen) atoms. The first-order valence-corrected chi connectivity index (χ1v) is 9.29. The summed E-state index contributed by atoms with van der Waals surface area (Å²) in [6, 6.07) is 7.43. The van der Waals surface area contributed by atoms with Crippen LogP contribution in [0.25, 0.3) is 0 Å². The van der Waals surface area contributed by atoms with Gasteiger partial charge < -0.3 is 15.2 Å². The van der Waals surface area contributed by atoms with Gasteiger partial charge in [0.15, 0.2) is 6.61 Å². The van der Waals surface area contributed by atoms with E-state index in [4.69, 9.17) is 4.74 Å². The average molecular weight is 394 g/mol. The predicted octanol–water partition coefficient (Wildman–Crippen LogP) is 1.13. The molecular formula is C17H15FN2O6S. The lowest BCUT2D eigenvalue weighted by Crippen LogP contribution is -2.42. The molecule has 0 aromatic heterocycles. The van der Waals surface area contributed by atoms with Crippen molar-refractivity contribution < 1.29 is 32.2 Å². The van der Waals surface area contributed by atoms with Crippen LogP contribution in [-0.2, 0) is 26.0 Å². The first-order chi connectivity index (χ1) is 12.7. The number of carbonyl (C=O) groups is 2. The molecule has 10 heteroatoms. The van der Waals surface area contributed by atoms with Crippen molar-refractivity contribution in [2.24, 2.45) is 0 Å². The van der Waals surface area contributed by atoms with Gasteiger partial charge in [-0.2, -0.15) is 4.72 Å². The van der Waals surface area contributed by atoms with Crippen molar-refractivity contribution in [2.75, 3.05) is 11.9 Å². The summed E-state index contributed by atoms with van der Waals surface area (Å²) in [5.41, 5.74) is 0.636. The van der Waals surface area contributed by atoms with Crippen LogP contribution in [0.4, 0.5) is 10.1 Å². The van der Waals surface area contributed by atoms with Gasteiger partial charge >= 0.3 is 5.97 Å². The third-order valence-electron chi connectivity index (χ3n) is 3.84. The number of hydrogen-bond donors (Lipinski definition) is 3. The van der Waals surface area contributed by atoms with Crippen molar-refractivity contribution in [2.45, 2.75) is 17.4 Å². The summed E-state index contributed by atoms with van der Waals surface area (Å²) in [6.45, 7) is -0.171. The van der Waals surface area contributed by atoms with Crippen molar-refractivity contribution >= 4 is 27.6 Å². The second kappa shape index (κ2) is 7.33. The number of carboxylic acids is 1. The Hall–Kier alpha value is -2.98. The number of amides is 1. The fourth-order valence-corrected chi connectivity index (χ4v) is 3.74. The summed E-state index contributed by atoms with van der Waals surface area (Å²) in [4.78, 5) is 22.6. The molecule has 0 saturated heterocycles. The molecule has 1 atom stereocenters. The molecule has 0 bridgehead atoms. The molecule has 1 aliphatic rings. The van der Waals surface area contributed by atoms with Gasteiger partial charge in [-0.3, -0.25) is 9.59 Å². The monoisotopic (exact) mass is 394 g/mol. The van der Waals surface area contributed by atoms with E-state index in [2.05, 4.69) is 10.0 Å². The molecule has 1 amide bonds. The Morgan fingerprint density at radius 2 is 1.96 bits per heavy atom. The Labute approximate surface area is 154 Å². The minimum atomic E-state index is -4.20. The molecule has 0 unspecified atom stereocenters. The molecule has 0 radical (unpaired) electrons. The van der Waals surface area contributed by atoms with E-state index in [1.54, 1.807) is 0 Å². The van der Waals surface area contributed by atoms with Crippen LogP contribution >= 0.6 is 0 Å². The van der Waals surface area contributed by atoms with E-state index in [1.165, 1.54) is 30.3 Å². The van der Waals surface area contributed by atoms with E-state index in [9.17, 15) is 27.5 Å². The molecule has 3 N–H and O–H groups in total. The minimum Gasteiger partial charge on any atom is -0.482 e. The zero-order valence-electron chi connectivity index (χ0n) is 13.8. The van der Waals surface area contributed by atoms with Crippen LogP contribution in [0.5, 0.6) is 5.75 Å². The molecule has 0 spiro atoms. The fourth-order valence-electron chi connectivity index (χ4n) is 2.52. The Kier molecular flexibility index (Phi) is 5.10. The van der Waals surface area contributed by atoms with Crippen LogP contribution in [0.2, 0.25) is 0 Å². The van der Waals surface area contributed by atoms with Gasteiger partial charge in [0.25, 0.3) is 5.91 Å². The molecule has 3 rings (SSSR count). The van der Waals surface area contributed by atoms with Gasteiger partial charge in [0.1, 0.15) is 17.6 Å². The molecule has 2 aromatic carbocycles. The van der Waals surface area contributed by atoms with Gasteiger partial charge in [0, 0.05) is 0 Å². The summed E-state index contributed by atoms with van der Waals surface area (Å²) < 4.78 is 45.4. The zero-order valence-corrected chi connectivity index (χ0v) is 14.6. The summed E-state index contributed by atoms with van der Waals surface area (Å²) in [6.07, 6.45) is -0.167. The number of ether oxygens (including phenoxy) is 1. The van der Waals surface area contributed by atoms with Crippen LogP contribution in [0, 0.1) is 5.82 Å². The van der Waals surface area contributed by atoms with E-state index in [1.807, 2.05) is 0 Å². The van der Waals surface area contributed by atoms with Crippen LogP contribution < -0.4 is 14.8 Å². The van der Waals surface area contributed by atoms with Gasteiger partial charge in [-0.05, 0) is 42.3 Å². The van der Waals surface area contributed by atoms with E-state index in [-0.39, 0.29) is 23.6 Å². The van der Waals surface area contributed by atoms with Crippen molar-refractivity contribution in [1.29, 1.82) is 0 Å². The van der Waals surface area contributed by atoms with E-state index < -0.39 is 33.8 Å². The molecule has 1 heterocycles. The molecule has 0 aliphatic carbocycles. The van der Waals surface area contributed by atoms with Gasteiger partial charge in [-0.15, -0.1) is 0 Å². The van der Waals surface area contributed by atoms with Crippen LogP contribution in [0.15, 0.2) is 47.4 Å². The largest absolute Gasteiger partial charge is 0.482 e. The predicted molar refractivity (Wildman–Crippen MR) is 92.4 cm³/mol. The second-order valence-electron chi connectivity index (χ2n) is 5.84. The highest BCUT2D eigenvalue weighted by Crippen LogP contribution is 2.30. The molecule has 2 aromatic rings. The molecule has 1 aliphatic heterocycles. The van der Waals surface area contributed by atoms with E-state index >= 15 is 0 Å². The number of halogens is 1. The lowest BCUT2D eigenvalue weighted by Gasteiger charge is -2.19. The third kappa shape index (κ3) is 4.41. The number of nitrogens with one attached hydrogen (secondary N) is 2. The number of fused-ring (bicyclic) bond motifs is 1. The number of anilines is 1. The SMILES string of the molecule is O=C1COc2ccc(S(=O)(=O)N[C@H](Cc3ccc(F)cc3)C(=O)O)cc2N1. The van der Waals surface area contributed by atoms with Gasteiger partial charge in [-0.1, -0.05) is 12.1 Å². The molecule has 0 fully saturated rings. The first kappa shape index (κ1) is 18.8. The quantitative estimate of drug-likeness (QED) is 0.675. The maximum Gasteiger partial charge on any atom is 0.322 e. The number of carboxylic acid groups (broad SMARTS) is 1. The van der Waals surface area contributed by atoms with Crippen molar-refractivity contribution in [3.8, 4) is 5.75 Å². The summed E-state index contributed by atoms with van der Waals surface area (Å²) in [5, 5.41) is 11.8. The lowest BCUT2D eigenvalue weighted by molar-refractivity contribution is -0.138. The Balaban J connectivity index is 1.82. The highest BCUT2D eigenvalue weighted by atomic mass is 32.2. The van der Waals surface area contributed by atoms with Gasteiger partial charge in [0.2, 0.25) is 10.0 Å². The number of hydrogen-bond acceptors (Lipinski definition) is 5. The number of sulfonamides is 1. The number of benzene rings is 2. The maximum absolute atomic E-state index is 13.0. The molecular weight excluding hydrogens is 379 g/mol. The van der Waals surface area contributed by atoms with E-state index in [0.717, 1.165) is 12.1 Å². The van der Waals surface area contributed by atoms with Crippen LogP contribution in [-0.4, -0.2) is 38.0 Å². The standard InChI is InChI=1S/C17H15FN2O6S/c18-11-3-1-10(2-4-11)7-14(17(22)23)20-27(24,25)12-5-6-15-13(8-12)19-16(21)9-26-15/h1-6,8,14,20H,7,9H2,(H,19,21)(H,22,23)/t14-/m1/s1. The maximum atomic E-state index is 13.0. The Morgan fingerprint density at radius 3 is 2.63 bits per heavy atom. The fraction of sp³-hybridized carbons (Fsp3) is 0.176. The average Bonchev–Trinajstić information content (AvgIpc) is 2.62. The van der Waals surface area contributed by atoms with Gasteiger partial charge in [-0.25, -0.2) is 12.8 Å². The first-order valence-electron chi connectivity index (χ1n) is 7.81. The highest BCUT2D eigenvalue weighted by Gasteiger charge is 2.27. The Morgan fingerprint density at radius 1 is 1.26 bits per heavy atom. The van der Waals surface area contributed by atoms with Crippen LogP contribution in [0.3, 0.4) is 0 Å². The van der Waals surface area contributed by atoms with Crippen molar-refractivity contribution in [3.05, 3.63) is 53.8 Å². The van der Waals surface area contributed by atoms with E-state index in [0.29, 0.717) is 11.3 Å². The minimum absolute atomic E-state index is 0.167. The van der Waals surface area contributed by atoms with Gasteiger partial charge in [0.05, 0.1) is 10.6 Å². The summed E-state index contributed by atoms with van der Waals surface area (Å²) in [5.74, 6) is -1.97.